The van der Waals surface area contributed by atoms with Crippen molar-refractivity contribution in [3.63, 3.8) is 0 Å². The van der Waals surface area contributed by atoms with Crippen LogP contribution in [-0.2, 0) is 9.59 Å². The van der Waals surface area contributed by atoms with Gasteiger partial charge in [0, 0.05) is 11.3 Å². The normalized spacial score (nSPS) is 18.9. The van der Waals surface area contributed by atoms with Gasteiger partial charge in [-0.05, 0) is 80.8 Å². The van der Waals surface area contributed by atoms with Crippen molar-refractivity contribution >= 4 is 23.1 Å². The van der Waals surface area contributed by atoms with Crippen molar-refractivity contribution in [1.82, 2.24) is 4.90 Å². The third kappa shape index (κ3) is 5.59. The van der Waals surface area contributed by atoms with E-state index in [1.807, 2.05) is 16.3 Å². The van der Waals surface area contributed by atoms with Gasteiger partial charge in [0.1, 0.15) is 0 Å². The van der Waals surface area contributed by atoms with Crippen LogP contribution in [0.1, 0.15) is 55.6 Å². The number of nitrogens with zero attached hydrogens (tertiary/aromatic N) is 1. The van der Waals surface area contributed by atoms with E-state index in [0.29, 0.717) is 5.56 Å². The lowest BCUT2D eigenvalue weighted by molar-refractivity contribution is -0.167. The number of benzene rings is 1. The number of anilines is 1. The van der Waals surface area contributed by atoms with E-state index in [1.165, 1.54) is 0 Å². The molecule has 1 saturated heterocycles. The van der Waals surface area contributed by atoms with Crippen molar-refractivity contribution in [3.05, 3.63) is 35.4 Å². The van der Waals surface area contributed by atoms with E-state index in [4.69, 9.17) is 5.73 Å². The fourth-order valence-electron chi connectivity index (χ4n) is 4.11. The zero-order chi connectivity index (χ0) is 21.0. The summed E-state index contributed by atoms with van der Waals surface area (Å²) in [5, 5.41) is 2.04. The fraction of sp³-hybridized carbons (Fsp3) is 0.524. The van der Waals surface area contributed by atoms with Gasteiger partial charge in [-0.3, -0.25) is 14.5 Å². The molecule has 29 heavy (non-hydrogen) atoms. The molecule has 0 spiro atoms. The highest BCUT2D eigenvalue weighted by Crippen LogP contribution is 2.36. The Hall–Kier alpha value is -2.35. The number of nitrogens with two attached hydrogens (primary N) is 1. The molecular formula is C21H26F3N3O2. The highest BCUT2D eigenvalue weighted by Gasteiger charge is 2.39. The Morgan fingerprint density at radius 2 is 1.90 bits per heavy atom. The molecule has 2 amide bonds. The average Bonchev–Trinajstić information content (AvgIpc) is 2.68. The van der Waals surface area contributed by atoms with Crippen molar-refractivity contribution < 1.29 is 22.8 Å². The summed E-state index contributed by atoms with van der Waals surface area (Å²) in [6.45, 7) is 1.74. The van der Waals surface area contributed by atoms with Crippen molar-refractivity contribution in [2.24, 2.45) is 5.73 Å². The monoisotopic (exact) mass is 409 g/mol. The van der Waals surface area contributed by atoms with E-state index in [0.717, 1.165) is 62.8 Å². The second kappa shape index (κ2) is 8.98. The van der Waals surface area contributed by atoms with E-state index in [1.54, 1.807) is 12.1 Å². The summed E-state index contributed by atoms with van der Waals surface area (Å²) in [4.78, 5) is 24.6. The molecule has 0 unspecified atom stereocenters. The maximum atomic E-state index is 12.7. The van der Waals surface area contributed by atoms with Gasteiger partial charge in [0.05, 0.1) is 6.54 Å². The quantitative estimate of drug-likeness (QED) is 0.777. The van der Waals surface area contributed by atoms with Crippen LogP contribution in [0.15, 0.2) is 24.3 Å². The molecule has 1 fully saturated rings. The van der Waals surface area contributed by atoms with Crippen LogP contribution in [0.2, 0.25) is 0 Å². The number of rotatable bonds is 5. The van der Waals surface area contributed by atoms with Crippen LogP contribution in [0.3, 0.4) is 0 Å². The lowest BCUT2D eigenvalue weighted by Crippen LogP contribution is -2.39. The van der Waals surface area contributed by atoms with Gasteiger partial charge in [0.2, 0.25) is 5.91 Å². The second-order valence-corrected chi connectivity index (χ2v) is 7.75. The second-order valence-electron chi connectivity index (χ2n) is 7.75. The molecule has 3 N–H and O–H groups in total. The van der Waals surface area contributed by atoms with Crippen LogP contribution in [0, 0.1) is 0 Å². The lowest BCUT2D eigenvalue weighted by Gasteiger charge is -2.31. The van der Waals surface area contributed by atoms with Crippen LogP contribution in [-0.4, -0.2) is 42.5 Å². The summed E-state index contributed by atoms with van der Waals surface area (Å²) in [6.07, 6.45) is 2.54. The number of carbonyl (C=O) groups excluding carboxylic acids is 2. The molecule has 158 valence electrons. The molecule has 1 heterocycles. The average molecular weight is 409 g/mol. The molecule has 5 nitrogen and oxygen atoms in total. The summed E-state index contributed by atoms with van der Waals surface area (Å²) in [7, 11) is 0. The molecule has 1 aromatic rings. The number of piperidine rings is 1. The molecule has 0 saturated carbocycles. The Morgan fingerprint density at radius 3 is 2.48 bits per heavy atom. The number of hydrogen-bond donors (Lipinski definition) is 2. The SMILES string of the molecule is NC(=O)CN1CCC(c2ccc(NC(=O)C(F)(F)F)c(C3=CCCCC3)c2)CC1. The van der Waals surface area contributed by atoms with Gasteiger partial charge in [0.15, 0.2) is 0 Å². The van der Waals surface area contributed by atoms with Crippen LogP contribution in [0.4, 0.5) is 18.9 Å². The first kappa shape index (κ1) is 21.4. The fourth-order valence-corrected chi connectivity index (χ4v) is 4.11. The molecule has 0 atom stereocenters. The van der Waals surface area contributed by atoms with Gasteiger partial charge < -0.3 is 11.1 Å². The van der Waals surface area contributed by atoms with Gasteiger partial charge in [-0.15, -0.1) is 0 Å². The molecule has 0 aromatic heterocycles. The van der Waals surface area contributed by atoms with Gasteiger partial charge in [-0.25, -0.2) is 0 Å². The molecule has 3 rings (SSSR count). The smallest absolute Gasteiger partial charge is 0.369 e. The predicted molar refractivity (Wildman–Crippen MR) is 105 cm³/mol. The Balaban J connectivity index is 1.82. The zero-order valence-corrected chi connectivity index (χ0v) is 16.2. The number of likely N-dealkylation sites (tertiary alicyclic amines) is 1. The van der Waals surface area contributed by atoms with Crippen molar-refractivity contribution in [1.29, 1.82) is 0 Å². The van der Waals surface area contributed by atoms with Crippen molar-refractivity contribution in [3.8, 4) is 0 Å². The summed E-state index contributed by atoms with van der Waals surface area (Å²) >= 11 is 0. The summed E-state index contributed by atoms with van der Waals surface area (Å²) in [5.41, 5.74) is 8.18. The lowest BCUT2D eigenvalue weighted by atomic mass is 9.85. The van der Waals surface area contributed by atoms with Crippen molar-refractivity contribution in [2.45, 2.75) is 50.6 Å². The summed E-state index contributed by atoms with van der Waals surface area (Å²) < 4.78 is 38.2. The molecule has 2 aliphatic rings. The number of halogens is 3. The molecule has 1 aliphatic carbocycles. The topological polar surface area (TPSA) is 75.4 Å². The number of hydrogen-bond acceptors (Lipinski definition) is 3. The number of nitrogens with one attached hydrogen (secondary N) is 1. The van der Waals surface area contributed by atoms with E-state index in [9.17, 15) is 22.8 Å². The Bertz CT molecular complexity index is 797. The summed E-state index contributed by atoms with van der Waals surface area (Å²) in [5.74, 6) is -2.04. The Kier molecular flexibility index (Phi) is 6.62. The standard InChI is InChI=1S/C21H26F3N3O2/c22-21(23,24)20(29)26-18-7-6-16(12-17(18)15-4-2-1-3-5-15)14-8-10-27(11-9-14)13-19(25)28/h4,6-7,12,14H,1-3,5,8-11,13H2,(H2,25,28)(H,26,29). The van der Waals surface area contributed by atoms with Gasteiger partial charge >= 0.3 is 12.1 Å². The van der Waals surface area contributed by atoms with Gasteiger partial charge in [-0.1, -0.05) is 12.1 Å². The van der Waals surface area contributed by atoms with Crippen LogP contribution in [0.5, 0.6) is 0 Å². The van der Waals surface area contributed by atoms with Crippen LogP contribution >= 0.6 is 0 Å². The van der Waals surface area contributed by atoms with Crippen LogP contribution < -0.4 is 11.1 Å². The maximum absolute atomic E-state index is 12.7. The number of amides is 2. The Labute approximate surface area is 168 Å². The molecule has 0 radical (unpaired) electrons. The minimum atomic E-state index is -4.93. The van der Waals surface area contributed by atoms with Gasteiger partial charge in [0.25, 0.3) is 0 Å². The number of allylic oxidation sites excluding steroid dienone is 2. The first-order valence-corrected chi connectivity index (χ1v) is 9.96. The van der Waals surface area contributed by atoms with E-state index in [2.05, 4.69) is 6.08 Å². The zero-order valence-electron chi connectivity index (χ0n) is 16.2. The van der Waals surface area contributed by atoms with E-state index >= 15 is 0 Å². The van der Waals surface area contributed by atoms with E-state index < -0.39 is 12.1 Å². The molecule has 8 heteroatoms. The highest BCUT2D eigenvalue weighted by atomic mass is 19.4. The molecular weight excluding hydrogens is 383 g/mol. The third-order valence-corrected chi connectivity index (χ3v) is 5.62. The van der Waals surface area contributed by atoms with E-state index in [-0.39, 0.29) is 24.1 Å². The first-order valence-electron chi connectivity index (χ1n) is 9.96. The number of carbonyl (C=O) groups is 2. The number of alkyl halides is 3. The van der Waals surface area contributed by atoms with Crippen LogP contribution in [0.25, 0.3) is 5.57 Å². The molecule has 1 aromatic carbocycles. The Morgan fingerprint density at radius 1 is 1.17 bits per heavy atom. The largest absolute Gasteiger partial charge is 0.471 e. The maximum Gasteiger partial charge on any atom is 0.471 e. The molecule has 1 aliphatic heterocycles. The number of primary amides is 1. The molecule has 0 bridgehead atoms. The minimum Gasteiger partial charge on any atom is -0.369 e. The highest BCUT2D eigenvalue weighted by molar-refractivity contribution is 5.97. The van der Waals surface area contributed by atoms with Crippen molar-refractivity contribution in [2.75, 3.05) is 25.0 Å². The minimum absolute atomic E-state index is 0.204. The third-order valence-electron chi connectivity index (χ3n) is 5.62. The predicted octanol–water partition coefficient (Wildman–Crippen LogP) is 3.81. The first-order chi connectivity index (χ1) is 13.7. The summed E-state index contributed by atoms with van der Waals surface area (Å²) in [6, 6.07) is 5.31. The van der Waals surface area contributed by atoms with Gasteiger partial charge in [-0.2, -0.15) is 13.2 Å².